The maximum absolute atomic E-state index is 14.4. The van der Waals surface area contributed by atoms with Gasteiger partial charge in [0.15, 0.2) is 0 Å². The highest BCUT2D eigenvalue weighted by molar-refractivity contribution is 5.96. The Labute approximate surface area is 261 Å². The topological polar surface area (TPSA) is 121 Å². The molecule has 2 bridgehead atoms. The number of carbonyl (C=O) groups is 4. The van der Waals surface area contributed by atoms with Crippen LogP contribution in [-0.4, -0.2) is 103 Å². The van der Waals surface area contributed by atoms with Gasteiger partial charge in [-0.05, 0) is 69.5 Å². The van der Waals surface area contributed by atoms with Crippen molar-refractivity contribution in [3.8, 4) is 11.5 Å². The van der Waals surface area contributed by atoms with Gasteiger partial charge < -0.3 is 29.9 Å². The van der Waals surface area contributed by atoms with Crippen molar-refractivity contribution >= 4 is 29.7 Å². The zero-order valence-corrected chi connectivity index (χ0v) is 27.2. The highest BCUT2D eigenvalue weighted by Crippen LogP contribution is 2.32. The van der Waals surface area contributed by atoms with Crippen molar-refractivity contribution < 1.29 is 28.7 Å². The van der Waals surface area contributed by atoms with Gasteiger partial charge in [-0.1, -0.05) is 34.1 Å². The van der Waals surface area contributed by atoms with Crippen LogP contribution in [0.25, 0.3) is 6.08 Å². The van der Waals surface area contributed by atoms with Crippen LogP contribution in [0.5, 0.6) is 11.5 Å². The Balaban J connectivity index is 1.69. The van der Waals surface area contributed by atoms with Gasteiger partial charge in [-0.15, -0.1) is 0 Å². The summed E-state index contributed by atoms with van der Waals surface area (Å²) in [5, 5.41) is 5.88. The minimum atomic E-state index is -0.944. The molecular formula is C33H49N5O6. The molecule has 0 aliphatic carbocycles. The first kappa shape index (κ1) is 33.3. The molecule has 4 rings (SSSR count). The molecule has 0 radical (unpaired) electrons. The maximum atomic E-state index is 14.4. The highest BCUT2D eigenvalue weighted by Gasteiger charge is 2.49. The number of fused-ring (bicyclic) bond motifs is 4. The lowest BCUT2D eigenvalue weighted by atomic mass is 9.96. The van der Waals surface area contributed by atoms with E-state index in [1.54, 1.807) is 47.4 Å². The first-order valence-corrected chi connectivity index (χ1v) is 15.9. The fraction of sp³-hybridized carbons (Fsp3) is 0.636. The Morgan fingerprint density at radius 2 is 1.91 bits per heavy atom. The predicted molar refractivity (Wildman–Crippen MR) is 168 cm³/mol. The molecule has 242 valence electrons. The monoisotopic (exact) mass is 611 g/mol. The lowest BCUT2D eigenvalue weighted by molar-refractivity contribution is -0.150. The van der Waals surface area contributed by atoms with Crippen LogP contribution in [0.1, 0.15) is 65.4 Å². The predicted octanol–water partition coefficient (Wildman–Crippen LogP) is 2.64. The number of benzene rings is 1. The van der Waals surface area contributed by atoms with Gasteiger partial charge in [-0.3, -0.25) is 24.1 Å². The Bertz CT molecular complexity index is 1250. The number of rotatable bonds is 9. The van der Waals surface area contributed by atoms with Gasteiger partial charge in [0, 0.05) is 31.3 Å². The van der Waals surface area contributed by atoms with Crippen LogP contribution in [0.3, 0.4) is 0 Å². The van der Waals surface area contributed by atoms with E-state index in [9.17, 15) is 19.2 Å². The van der Waals surface area contributed by atoms with Crippen molar-refractivity contribution in [2.45, 2.75) is 90.1 Å². The van der Waals surface area contributed by atoms with E-state index in [4.69, 9.17) is 9.47 Å². The molecule has 0 spiro atoms. The molecule has 6 atom stereocenters. The Morgan fingerprint density at radius 1 is 1.16 bits per heavy atom. The normalized spacial score (nSPS) is 24.6. The lowest BCUT2D eigenvalue weighted by Gasteiger charge is -2.36. The van der Waals surface area contributed by atoms with E-state index in [2.05, 4.69) is 10.6 Å². The zero-order chi connectivity index (χ0) is 32.1. The number of hydrogen-bond acceptors (Lipinski definition) is 7. The van der Waals surface area contributed by atoms with Crippen LogP contribution in [0.4, 0.5) is 0 Å². The van der Waals surface area contributed by atoms with Gasteiger partial charge >= 0.3 is 0 Å². The first-order chi connectivity index (χ1) is 21.0. The van der Waals surface area contributed by atoms with E-state index >= 15 is 0 Å². The van der Waals surface area contributed by atoms with Crippen LogP contribution in [0, 0.1) is 11.8 Å². The minimum Gasteiger partial charge on any atom is -0.496 e. The van der Waals surface area contributed by atoms with E-state index in [0.717, 1.165) is 6.42 Å². The van der Waals surface area contributed by atoms with Crippen molar-refractivity contribution in [3.05, 3.63) is 30.0 Å². The van der Waals surface area contributed by atoms with Crippen LogP contribution in [0.15, 0.2) is 24.4 Å². The Hall–Kier alpha value is -3.60. The molecule has 3 heterocycles. The van der Waals surface area contributed by atoms with Gasteiger partial charge in [-0.25, -0.2) is 0 Å². The highest BCUT2D eigenvalue weighted by atomic mass is 16.5. The molecule has 0 saturated carbocycles. The number of methoxy groups -OCH3 is 1. The summed E-state index contributed by atoms with van der Waals surface area (Å²) in [6.45, 7) is 8.79. The molecular weight excluding hydrogens is 562 g/mol. The van der Waals surface area contributed by atoms with E-state index in [-0.39, 0.29) is 35.5 Å². The quantitative estimate of drug-likeness (QED) is 0.441. The number of carbonyl (C=O) groups excluding carboxylic acids is 4. The van der Waals surface area contributed by atoms with Gasteiger partial charge in [0.05, 0.1) is 13.2 Å². The fourth-order valence-electron chi connectivity index (χ4n) is 6.68. The standard InChI is InChI=1S/C33H49N5O6/c1-8-21(4)28(36(5)6)31(40)35-24(18-20(2)3)32(41)38-17-14-27-29(38)33(42)37-16-9-10-25(37)30(39)34-15-13-22-19-23(44-27)11-12-26(22)43-7/h11-13,15,19-21,24-25,27-29H,8-10,14,16-18H2,1-7H3,(H,34,39)(H,35,40)/b15-13-/t21-,24+,25-,27-,28+,29-/m0/s1. The average molecular weight is 612 g/mol. The van der Waals surface area contributed by atoms with Crippen molar-refractivity contribution in [1.29, 1.82) is 0 Å². The molecule has 4 amide bonds. The van der Waals surface area contributed by atoms with Crippen LogP contribution < -0.4 is 20.1 Å². The van der Waals surface area contributed by atoms with E-state index in [1.807, 2.05) is 46.7 Å². The third-order valence-corrected chi connectivity index (χ3v) is 9.02. The molecule has 11 heteroatoms. The number of amides is 4. The van der Waals surface area contributed by atoms with Crippen molar-refractivity contribution in [2.24, 2.45) is 11.8 Å². The van der Waals surface area contributed by atoms with E-state index in [0.29, 0.717) is 55.8 Å². The van der Waals surface area contributed by atoms with Gasteiger partial charge in [-0.2, -0.15) is 0 Å². The first-order valence-electron chi connectivity index (χ1n) is 15.9. The number of nitrogens with one attached hydrogen (secondary N) is 2. The second-order valence-electron chi connectivity index (χ2n) is 12.8. The molecule has 11 nitrogen and oxygen atoms in total. The van der Waals surface area contributed by atoms with Crippen molar-refractivity contribution in [2.75, 3.05) is 34.3 Å². The number of likely N-dealkylation sites (tertiary alicyclic amines) is 1. The molecule has 3 aliphatic heterocycles. The van der Waals surface area contributed by atoms with Crippen LogP contribution in [-0.2, 0) is 19.2 Å². The number of nitrogens with zero attached hydrogens (tertiary/aromatic N) is 3. The number of ether oxygens (including phenoxy) is 2. The second-order valence-corrected chi connectivity index (χ2v) is 12.8. The van der Waals surface area contributed by atoms with Crippen molar-refractivity contribution in [1.82, 2.24) is 25.3 Å². The summed E-state index contributed by atoms with van der Waals surface area (Å²) in [6.07, 6.45) is 5.54. The van der Waals surface area contributed by atoms with Crippen LogP contribution in [0.2, 0.25) is 0 Å². The number of hydrogen-bond donors (Lipinski definition) is 2. The van der Waals surface area contributed by atoms with Gasteiger partial charge in [0.25, 0.3) is 0 Å². The molecule has 44 heavy (non-hydrogen) atoms. The van der Waals surface area contributed by atoms with Gasteiger partial charge in [0.2, 0.25) is 23.6 Å². The average Bonchev–Trinajstić information content (AvgIpc) is 3.63. The molecule has 1 aromatic carbocycles. The third kappa shape index (κ3) is 7.20. The van der Waals surface area contributed by atoms with Crippen molar-refractivity contribution in [3.63, 3.8) is 0 Å². The zero-order valence-electron chi connectivity index (χ0n) is 27.2. The Morgan fingerprint density at radius 3 is 2.57 bits per heavy atom. The molecule has 3 aliphatic rings. The molecule has 1 aromatic rings. The third-order valence-electron chi connectivity index (χ3n) is 9.02. The molecule has 2 saturated heterocycles. The maximum Gasteiger partial charge on any atom is 0.249 e. The summed E-state index contributed by atoms with van der Waals surface area (Å²) in [4.78, 5) is 60.5. The summed E-state index contributed by atoms with van der Waals surface area (Å²) in [5.41, 5.74) is 0.707. The van der Waals surface area contributed by atoms with E-state index in [1.165, 1.54) is 0 Å². The fourth-order valence-corrected chi connectivity index (χ4v) is 6.68. The second kappa shape index (κ2) is 14.5. The molecule has 0 aromatic heterocycles. The molecule has 0 unspecified atom stereocenters. The number of likely N-dealkylation sites (N-methyl/N-ethyl adjacent to an activating group) is 1. The molecule has 2 N–H and O–H groups in total. The minimum absolute atomic E-state index is 0.0865. The largest absolute Gasteiger partial charge is 0.496 e. The smallest absolute Gasteiger partial charge is 0.249 e. The lowest BCUT2D eigenvalue weighted by Crippen LogP contribution is -2.60. The summed E-state index contributed by atoms with van der Waals surface area (Å²) in [5.74, 6) is 0.245. The SMILES string of the molecule is CC[C@H](C)[C@H](C(=O)N[C@H](CC(C)C)C(=O)N1CC[C@@H]2Oc3ccc(OC)c(c3)/C=C\NC(=O)[C@@H]3CCCN3C(=O)[C@H]21)N(C)C. The van der Waals surface area contributed by atoms with E-state index < -0.39 is 30.3 Å². The summed E-state index contributed by atoms with van der Waals surface area (Å²) >= 11 is 0. The van der Waals surface area contributed by atoms with Gasteiger partial charge in [0.1, 0.15) is 35.7 Å². The summed E-state index contributed by atoms with van der Waals surface area (Å²) in [7, 11) is 5.31. The summed E-state index contributed by atoms with van der Waals surface area (Å²) < 4.78 is 11.9. The summed E-state index contributed by atoms with van der Waals surface area (Å²) in [6, 6.07) is 2.54. The van der Waals surface area contributed by atoms with Crippen LogP contribution >= 0.6 is 0 Å². The Kier molecular flexibility index (Phi) is 10.9. The molecule has 2 fully saturated rings.